The third-order valence-corrected chi connectivity index (χ3v) is 5.88. The number of ether oxygens (including phenoxy) is 1. The molecule has 0 saturated carbocycles. The van der Waals surface area contributed by atoms with Gasteiger partial charge in [-0.25, -0.2) is 9.59 Å². The average molecular weight is 473 g/mol. The van der Waals surface area contributed by atoms with Crippen LogP contribution in [-0.2, 0) is 0 Å². The molecule has 0 unspecified atom stereocenters. The number of hydrogen-bond acceptors (Lipinski definition) is 6. The minimum absolute atomic E-state index is 0.0518. The highest BCUT2D eigenvalue weighted by Gasteiger charge is 2.24. The van der Waals surface area contributed by atoms with Crippen molar-refractivity contribution in [3.63, 3.8) is 0 Å². The zero-order valence-corrected chi connectivity index (χ0v) is 18.9. The van der Waals surface area contributed by atoms with Gasteiger partial charge >= 0.3 is 11.6 Å². The predicted octanol–water partition coefficient (Wildman–Crippen LogP) is 6.06. The fourth-order valence-corrected chi connectivity index (χ4v) is 3.80. The molecular weight excluding hydrogens is 456 g/mol. The van der Waals surface area contributed by atoms with Crippen LogP contribution in [-0.4, -0.2) is 5.97 Å². The number of fused-ring (bicyclic) bond motifs is 2. The molecule has 168 valence electrons. The molecule has 5 rings (SSSR count). The Morgan fingerprint density at radius 3 is 2.32 bits per heavy atom. The SMILES string of the molecule is Cc1cc2oc(-c3ccc(Cl)cc3)c(OC(=O)c3cc4ccccc4oc3=O)c(=O)c2cc1C. The second-order valence-corrected chi connectivity index (χ2v) is 8.34. The Kier molecular flexibility index (Phi) is 5.30. The number of carbonyl (C=O) groups is 1. The number of benzene rings is 3. The van der Waals surface area contributed by atoms with E-state index < -0.39 is 17.0 Å². The van der Waals surface area contributed by atoms with Crippen molar-refractivity contribution in [1.82, 2.24) is 0 Å². The lowest BCUT2D eigenvalue weighted by molar-refractivity contribution is 0.0727. The van der Waals surface area contributed by atoms with Crippen LogP contribution in [0.2, 0.25) is 5.02 Å². The van der Waals surface area contributed by atoms with Gasteiger partial charge in [-0.1, -0.05) is 29.8 Å². The van der Waals surface area contributed by atoms with Gasteiger partial charge in [-0.2, -0.15) is 0 Å². The summed E-state index contributed by atoms with van der Waals surface area (Å²) < 4.78 is 16.8. The Balaban J connectivity index is 1.70. The minimum atomic E-state index is -1.02. The molecule has 0 fully saturated rings. The number of esters is 1. The van der Waals surface area contributed by atoms with Crippen LogP contribution in [0.5, 0.6) is 5.75 Å². The van der Waals surface area contributed by atoms with Crippen LogP contribution >= 0.6 is 11.6 Å². The Bertz CT molecular complexity index is 1710. The van der Waals surface area contributed by atoms with E-state index in [1.54, 1.807) is 60.7 Å². The average Bonchev–Trinajstić information content (AvgIpc) is 2.82. The molecule has 0 saturated heterocycles. The summed E-state index contributed by atoms with van der Waals surface area (Å²) >= 11 is 6.01. The lowest BCUT2D eigenvalue weighted by Crippen LogP contribution is -2.22. The first kappa shape index (κ1) is 21.7. The van der Waals surface area contributed by atoms with Crippen LogP contribution in [0.3, 0.4) is 0 Å². The molecule has 5 aromatic rings. The summed E-state index contributed by atoms with van der Waals surface area (Å²) in [6.45, 7) is 3.77. The molecule has 0 radical (unpaired) electrons. The molecule has 34 heavy (non-hydrogen) atoms. The van der Waals surface area contributed by atoms with Crippen molar-refractivity contribution >= 4 is 39.5 Å². The number of carbonyl (C=O) groups excluding carboxylic acids is 1. The molecule has 0 N–H and O–H groups in total. The van der Waals surface area contributed by atoms with Gasteiger partial charge in [0.2, 0.25) is 11.2 Å². The van der Waals surface area contributed by atoms with E-state index in [-0.39, 0.29) is 22.5 Å². The summed E-state index contributed by atoms with van der Waals surface area (Å²) in [4.78, 5) is 38.9. The van der Waals surface area contributed by atoms with Gasteiger partial charge in [0.05, 0.1) is 5.39 Å². The molecule has 7 heteroatoms. The molecule has 0 amide bonds. The van der Waals surface area contributed by atoms with Gasteiger partial charge in [0.25, 0.3) is 0 Å². The van der Waals surface area contributed by atoms with Crippen LogP contribution in [0.4, 0.5) is 0 Å². The van der Waals surface area contributed by atoms with E-state index in [1.807, 2.05) is 13.8 Å². The van der Waals surface area contributed by atoms with Crippen molar-refractivity contribution in [3.05, 3.63) is 109 Å². The van der Waals surface area contributed by atoms with Gasteiger partial charge in [-0.05, 0) is 73.5 Å². The normalized spacial score (nSPS) is 11.1. The highest BCUT2D eigenvalue weighted by Crippen LogP contribution is 2.33. The number of aryl methyl sites for hydroxylation is 2. The number of rotatable bonds is 3. The van der Waals surface area contributed by atoms with Crippen LogP contribution < -0.4 is 15.8 Å². The third kappa shape index (κ3) is 3.78. The molecular formula is C27H17ClO6. The molecule has 0 aliphatic heterocycles. The first-order chi connectivity index (χ1) is 16.3. The van der Waals surface area contributed by atoms with E-state index in [4.69, 9.17) is 25.2 Å². The van der Waals surface area contributed by atoms with Gasteiger partial charge in [-0.3, -0.25) is 4.79 Å². The quantitative estimate of drug-likeness (QED) is 0.234. The summed E-state index contributed by atoms with van der Waals surface area (Å²) in [5.74, 6) is -1.29. The smallest absolute Gasteiger partial charge is 0.351 e. The lowest BCUT2D eigenvalue weighted by Gasteiger charge is -2.12. The van der Waals surface area contributed by atoms with Crippen molar-refractivity contribution in [3.8, 4) is 17.1 Å². The third-order valence-electron chi connectivity index (χ3n) is 5.63. The Labute approximate surface area is 198 Å². The van der Waals surface area contributed by atoms with Crippen molar-refractivity contribution in [2.24, 2.45) is 0 Å². The fraction of sp³-hybridized carbons (Fsp3) is 0.0741. The van der Waals surface area contributed by atoms with Crippen molar-refractivity contribution in [2.75, 3.05) is 0 Å². The van der Waals surface area contributed by atoms with Gasteiger partial charge in [-0.15, -0.1) is 0 Å². The molecule has 6 nitrogen and oxygen atoms in total. The topological polar surface area (TPSA) is 86.7 Å². The predicted molar refractivity (Wildman–Crippen MR) is 130 cm³/mol. The van der Waals surface area contributed by atoms with Crippen LogP contribution in [0, 0.1) is 13.8 Å². The maximum Gasteiger partial charge on any atom is 0.351 e. The summed E-state index contributed by atoms with van der Waals surface area (Å²) in [6, 6.07) is 18.2. The molecule has 3 aromatic carbocycles. The van der Waals surface area contributed by atoms with Crippen LogP contribution in [0.15, 0.2) is 85.2 Å². The van der Waals surface area contributed by atoms with Gasteiger partial charge in [0.1, 0.15) is 16.7 Å². The fourth-order valence-electron chi connectivity index (χ4n) is 3.67. The molecule has 0 aliphatic rings. The van der Waals surface area contributed by atoms with E-state index in [0.29, 0.717) is 27.1 Å². The van der Waals surface area contributed by atoms with E-state index >= 15 is 0 Å². The molecule has 2 aromatic heterocycles. The number of halogens is 1. The first-order valence-electron chi connectivity index (χ1n) is 10.4. The first-order valence-corrected chi connectivity index (χ1v) is 10.8. The second kappa shape index (κ2) is 8.32. The summed E-state index contributed by atoms with van der Waals surface area (Å²) in [7, 11) is 0. The molecule has 0 atom stereocenters. The molecule has 0 spiro atoms. The molecule has 0 bridgehead atoms. The largest absolute Gasteiger partial charge is 0.452 e. The zero-order valence-electron chi connectivity index (χ0n) is 18.2. The second-order valence-electron chi connectivity index (χ2n) is 7.90. The zero-order chi connectivity index (χ0) is 24.0. The van der Waals surface area contributed by atoms with Crippen molar-refractivity contribution in [1.29, 1.82) is 0 Å². The molecule has 0 aliphatic carbocycles. The van der Waals surface area contributed by atoms with Gasteiger partial charge < -0.3 is 13.6 Å². The van der Waals surface area contributed by atoms with Crippen LogP contribution in [0.1, 0.15) is 21.5 Å². The monoisotopic (exact) mass is 472 g/mol. The minimum Gasteiger partial charge on any atom is -0.452 e. The summed E-state index contributed by atoms with van der Waals surface area (Å²) in [5.41, 5.74) is 1.25. The van der Waals surface area contributed by atoms with E-state index in [1.165, 1.54) is 6.07 Å². The van der Waals surface area contributed by atoms with E-state index in [9.17, 15) is 14.4 Å². The summed E-state index contributed by atoms with van der Waals surface area (Å²) in [6.07, 6.45) is 0. The lowest BCUT2D eigenvalue weighted by atomic mass is 10.0. The highest BCUT2D eigenvalue weighted by atomic mass is 35.5. The van der Waals surface area contributed by atoms with Crippen molar-refractivity contribution in [2.45, 2.75) is 13.8 Å². The maximum atomic E-state index is 13.5. The Morgan fingerprint density at radius 1 is 0.853 bits per heavy atom. The highest BCUT2D eigenvalue weighted by molar-refractivity contribution is 6.30. The summed E-state index contributed by atoms with van der Waals surface area (Å²) in [5, 5.41) is 1.29. The maximum absolute atomic E-state index is 13.5. The van der Waals surface area contributed by atoms with Crippen LogP contribution in [0.25, 0.3) is 33.3 Å². The van der Waals surface area contributed by atoms with E-state index in [0.717, 1.165) is 11.1 Å². The standard InChI is InChI=1S/C27H17ClO6/c1-14-11-19-22(12-15(14)2)32-24(16-7-9-18(28)10-8-16)25(23(19)29)34-27(31)20-13-17-5-3-4-6-21(17)33-26(20)30/h3-13H,1-2H3. The van der Waals surface area contributed by atoms with Gasteiger partial charge in [0, 0.05) is 16.0 Å². The van der Waals surface area contributed by atoms with Gasteiger partial charge in [0.15, 0.2) is 5.76 Å². The Hall–Kier alpha value is -4.16. The van der Waals surface area contributed by atoms with E-state index in [2.05, 4.69) is 0 Å². The number of hydrogen-bond donors (Lipinski definition) is 0. The number of para-hydroxylation sites is 1. The van der Waals surface area contributed by atoms with Crippen molar-refractivity contribution < 1.29 is 18.4 Å². The molecule has 2 heterocycles. The Morgan fingerprint density at radius 2 is 1.56 bits per heavy atom.